The molecule has 0 unspecified atom stereocenters. The van der Waals surface area contributed by atoms with Gasteiger partial charge in [0.05, 0.1) is 11.4 Å². The summed E-state index contributed by atoms with van der Waals surface area (Å²) in [6, 6.07) is 51.4. The molecule has 332 valence electrons. The maximum absolute atomic E-state index is 7.21. The molecule has 1 aromatic heterocycles. The fourth-order valence-electron chi connectivity index (χ4n) is 11.4. The SMILES string of the molecule is CC(C)(C)c1ccc(N2B3c4ccc5c(oc6ccccc65)c4N(c4ccc(C(C)(C)C)cc4-c4ccccc4)c4cc(C(C)(C)C)cc(c43)-c3cc4c(cc32)C(C)(C)CCC4(C)C)cc1. The van der Waals surface area contributed by atoms with Crippen molar-refractivity contribution < 1.29 is 4.42 Å². The summed E-state index contributed by atoms with van der Waals surface area (Å²) in [5, 5.41) is 2.27. The lowest BCUT2D eigenvalue weighted by atomic mass is 9.43. The summed E-state index contributed by atoms with van der Waals surface area (Å²) in [5.41, 5.74) is 22.2. The van der Waals surface area contributed by atoms with Crippen LogP contribution < -0.4 is 20.6 Å². The molecular weight excluding hydrogens is 800 g/mol. The maximum Gasteiger partial charge on any atom is 0.333 e. The Labute approximate surface area is 394 Å². The second-order valence-corrected chi connectivity index (χ2v) is 24.1. The molecule has 0 saturated carbocycles. The van der Waals surface area contributed by atoms with Gasteiger partial charge in [-0.05, 0) is 138 Å². The highest BCUT2D eigenvalue weighted by Gasteiger charge is 2.49. The van der Waals surface area contributed by atoms with E-state index in [1.165, 1.54) is 78.1 Å². The first-order valence-electron chi connectivity index (χ1n) is 24.3. The van der Waals surface area contributed by atoms with Gasteiger partial charge < -0.3 is 14.1 Å². The van der Waals surface area contributed by atoms with E-state index in [9.17, 15) is 0 Å². The molecule has 0 atom stereocenters. The molecule has 3 aliphatic rings. The van der Waals surface area contributed by atoms with Gasteiger partial charge in [0.1, 0.15) is 5.58 Å². The molecule has 2 aliphatic heterocycles. The van der Waals surface area contributed by atoms with Gasteiger partial charge in [0.15, 0.2) is 5.58 Å². The third kappa shape index (κ3) is 6.52. The Hall–Kier alpha value is -6.00. The molecule has 0 N–H and O–H groups in total. The highest BCUT2D eigenvalue weighted by atomic mass is 16.3. The van der Waals surface area contributed by atoms with Crippen LogP contribution in [-0.2, 0) is 27.1 Å². The Kier molecular flexibility index (Phi) is 9.21. The van der Waals surface area contributed by atoms with Gasteiger partial charge in [-0.1, -0.05) is 175 Å². The second-order valence-electron chi connectivity index (χ2n) is 24.1. The molecule has 0 bridgehead atoms. The summed E-state index contributed by atoms with van der Waals surface area (Å²) >= 11 is 0. The number of hydrogen-bond acceptors (Lipinski definition) is 3. The third-order valence-corrected chi connectivity index (χ3v) is 15.6. The van der Waals surface area contributed by atoms with Crippen LogP contribution in [0.5, 0.6) is 0 Å². The van der Waals surface area contributed by atoms with Crippen LogP contribution in [0.25, 0.3) is 44.2 Å². The topological polar surface area (TPSA) is 19.6 Å². The molecule has 1 aliphatic carbocycles. The van der Waals surface area contributed by atoms with Gasteiger partial charge in [-0.2, -0.15) is 0 Å². The lowest BCUT2D eigenvalue weighted by Gasteiger charge is -2.48. The van der Waals surface area contributed by atoms with Crippen LogP contribution in [0.3, 0.4) is 0 Å². The molecule has 66 heavy (non-hydrogen) atoms. The van der Waals surface area contributed by atoms with Crippen molar-refractivity contribution in [1.82, 2.24) is 0 Å². The van der Waals surface area contributed by atoms with Crippen molar-refractivity contribution in [3.8, 4) is 22.3 Å². The molecule has 11 rings (SSSR count). The van der Waals surface area contributed by atoms with E-state index in [2.05, 4.69) is 233 Å². The van der Waals surface area contributed by atoms with Gasteiger partial charge in [-0.3, -0.25) is 0 Å². The van der Waals surface area contributed by atoms with E-state index in [0.29, 0.717) is 0 Å². The summed E-state index contributed by atoms with van der Waals surface area (Å²) in [6.07, 6.45) is 2.32. The summed E-state index contributed by atoms with van der Waals surface area (Å²) in [7, 11) is 0. The quantitative estimate of drug-likeness (QED) is 0.165. The van der Waals surface area contributed by atoms with Crippen LogP contribution in [-0.4, -0.2) is 6.85 Å². The molecule has 0 saturated heterocycles. The Morgan fingerprint density at radius 1 is 0.500 bits per heavy atom. The van der Waals surface area contributed by atoms with Gasteiger partial charge in [0.2, 0.25) is 0 Å². The molecule has 7 aromatic carbocycles. The number of furan rings is 1. The largest absolute Gasteiger partial charge is 0.454 e. The van der Waals surface area contributed by atoms with Crippen LogP contribution in [0.15, 0.2) is 138 Å². The summed E-state index contributed by atoms with van der Waals surface area (Å²) in [4.78, 5) is 5.31. The van der Waals surface area contributed by atoms with Crippen LogP contribution in [0, 0.1) is 0 Å². The van der Waals surface area contributed by atoms with Crippen molar-refractivity contribution in [2.75, 3.05) is 9.71 Å². The summed E-state index contributed by atoms with van der Waals surface area (Å²) < 4.78 is 7.21. The molecular formula is C62H65BN2O. The minimum atomic E-state index is -0.146. The van der Waals surface area contributed by atoms with Gasteiger partial charge in [0.25, 0.3) is 0 Å². The molecule has 4 heteroatoms. The minimum absolute atomic E-state index is 0.0278. The highest BCUT2D eigenvalue weighted by Crippen LogP contribution is 2.55. The van der Waals surface area contributed by atoms with Crippen LogP contribution in [0.1, 0.15) is 131 Å². The molecule has 8 aromatic rings. The molecule has 3 nitrogen and oxygen atoms in total. The van der Waals surface area contributed by atoms with Gasteiger partial charge in [0, 0.05) is 39.0 Å². The molecule has 0 fully saturated rings. The first kappa shape index (κ1) is 42.6. The average molecular weight is 865 g/mol. The number of para-hydroxylation sites is 1. The third-order valence-electron chi connectivity index (χ3n) is 15.6. The predicted octanol–water partition coefficient (Wildman–Crippen LogP) is 16.2. The van der Waals surface area contributed by atoms with Gasteiger partial charge in [-0.25, -0.2) is 0 Å². The van der Waals surface area contributed by atoms with E-state index in [0.717, 1.165) is 46.2 Å². The number of fused-ring (bicyclic) bond motifs is 9. The average Bonchev–Trinajstić information content (AvgIpc) is 3.66. The highest BCUT2D eigenvalue weighted by molar-refractivity contribution is 6.94. The zero-order valence-corrected chi connectivity index (χ0v) is 41.5. The van der Waals surface area contributed by atoms with Crippen molar-refractivity contribution >= 4 is 68.1 Å². The molecule has 0 radical (unpaired) electrons. The van der Waals surface area contributed by atoms with E-state index in [-0.39, 0.29) is 33.9 Å². The number of anilines is 5. The lowest BCUT2D eigenvalue weighted by Crippen LogP contribution is -2.62. The van der Waals surface area contributed by atoms with E-state index in [1.807, 2.05) is 0 Å². The zero-order chi connectivity index (χ0) is 46.5. The molecule has 3 heterocycles. The second kappa shape index (κ2) is 14.3. The van der Waals surface area contributed by atoms with Crippen molar-refractivity contribution in [3.63, 3.8) is 0 Å². The number of benzene rings is 7. The lowest BCUT2D eigenvalue weighted by molar-refractivity contribution is 0.332. The van der Waals surface area contributed by atoms with E-state index >= 15 is 0 Å². The number of rotatable bonds is 3. The smallest absolute Gasteiger partial charge is 0.333 e. The fraction of sp³-hybridized carbons (Fsp3) is 0.323. The van der Waals surface area contributed by atoms with E-state index in [1.54, 1.807) is 0 Å². The van der Waals surface area contributed by atoms with Gasteiger partial charge >= 0.3 is 6.85 Å². The normalized spacial score (nSPS) is 16.3. The minimum Gasteiger partial charge on any atom is -0.454 e. The van der Waals surface area contributed by atoms with Crippen molar-refractivity contribution in [2.24, 2.45) is 0 Å². The van der Waals surface area contributed by atoms with Crippen molar-refractivity contribution in [2.45, 2.75) is 130 Å². The first-order valence-corrected chi connectivity index (χ1v) is 24.3. The van der Waals surface area contributed by atoms with Crippen LogP contribution in [0.4, 0.5) is 28.4 Å². The Bertz CT molecular complexity index is 3260. The summed E-state index contributed by atoms with van der Waals surface area (Å²) in [6.45, 7) is 30.7. The zero-order valence-electron chi connectivity index (χ0n) is 41.5. The Morgan fingerprint density at radius 3 is 1.77 bits per heavy atom. The number of nitrogens with zero attached hydrogens (tertiary/aromatic N) is 2. The van der Waals surface area contributed by atoms with Gasteiger partial charge in [-0.15, -0.1) is 0 Å². The monoisotopic (exact) mass is 865 g/mol. The Balaban J connectivity index is 1.33. The van der Waals surface area contributed by atoms with Crippen molar-refractivity contribution in [1.29, 1.82) is 0 Å². The first-order chi connectivity index (χ1) is 31.1. The molecule has 0 spiro atoms. The summed E-state index contributed by atoms with van der Waals surface area (Å²) in [5.74, 6) is 0. The predicted molar refractivity (Wildman–Crippen MR) is 284 cm³/mol. The van der Waals surface area contributed by atoms with E-state index in [4.69, 9.17) is 4.42 Å². The molecule has 0 amide bonds. The Morgan fingerprint density at radius 2 is 1.11 bits per heavy atom. The van der Waals surface area contributed by atoms with Crippen LogP contribution in [0.2, 0.25) is 0 Å². The number of hydrogen-bond donors (Lipinski definition) is 0. The fourth-order valence-corrected chi connectivity index (χ4v) is 11.4. The van der Waals surface area contributed by atoms with Crippen LogP contribution >= 0.6 is 0 Å². The van der Waals surface area contributed by atoms with Crippen molar-refractivity contribution in [3.05, 3.63) is 161 Å². The maximum atomic E-state index is 7.21. The van der Waals surface area contributed by atoms with E-state index < -0.39 is 0 Å². The standard InChI is InChI=1S/C62H65BN2O/c1-58(2,3)39-23-26-42(27-24-39)65-52-37-49-48(61(10,11)31-32-62(49,12)13)36-46(52)47-34-41(60(7,8)9)35-53-55(47)63(65)50-29-28-44-43-21-17-18-22-54(43)66-57(44)56(50)64(53)51-30-25-40(59(4,5)6)33-45(51)38-19-15-14-16-20-38/h14-30,33-37H,31-32H2,1-13H3.